The van der Waals surface area contributed by atoms with Crippen LogP contribution >= 0.6 is 0 Å². The molecule has 1 saturated heterocycles. The Labute approximate surface area is 236 Å². The van der Waals surface area contributed by atoms with Crippen molar-refractivity contribution in [3.8, 4) is 0 Å². The second-order valence-electron chi connectivity index (χ2n) is 11.4. The number of amides is 5. The Bertz CT molecular complexity index is 936. The van der Waals surface area contributed by atoms with Crippen LogP contribution < -0.4 is 37.6 Å². The van der Waals surface area contributed by atoms with Crippen molar-refractivity contribution < 1.29 is 24.0 Å². The summed E-state index contributed by atoms with van der Waals surface area (Å²) < 4.78 is 0. The molecular weight excluding hydrogens is 516 g/mol. The van der Waals surface area contributed by atoms with Crippen molar-refractivity contribution >= 4 is 35.5 Å². The summed E-state index contributed by atoms with van der Waals surface area (Å²) in [7, 11) is 0. The summed E-state index contributed by atoms with van der Waals surface area (Å²) in [5.41, 5.74) is 3.93. The van der Waals surface area contributed by atoms with Gasteiger partial charge in [0.15, 0.2) is 5.96 Å². The maximum atomic E-state index is 13.6. The van der Waals surface area contributed by atoms with Crippen LogP contribution in [0.15, 0.2) is 0 Å². The molecule has 0 aromatic rings. The number of nitrogens with two attached hydrogens (primary N) is 1. The predicted octanol–water partition coefficient (Wildman–Crippen LogP) is -0.255. The molecule has 1 heterocycles. The monoisotopic (exact) mass is 564 g/mol. The average molecular weight is 565 g/mol. The summed E-state index contributed by atoms with van der Waals surface area (Å²) in [6, 6.07) is -2.68. The van der Waals surface area contributed by atoms with Crippen molar-refractivity contribution in [2.75, 3.05) is 13.1 Å². The first-order chi connectivity index (χ1) is 18.9. The van der Waals surface area contributed by atoms with E-state index in [2.05, 4.69) is 31.9 Å². The van der Waals surface area contributed by atoms with Crippen molar-refractivity contribution in [1.29, 1.82) is 5.41 Å². The molecule has 1 saturated carbocycles. The molecule has 2 fully saturated rings. The van der Waals surface area contributed by atoms with E-state index in [1.54, 1.807) is 27.7 Å². The number of rotatable bonds is 8. The highest BCUT2D eigenvalue weighted by Gasteiger charge is 2.39. The molecule has 5 amide bonds. The largest absolute Gasteiger partial charge is 0.370 e. The van der Waals surface area contributed by atoms with Gasteiger partial charge in [0, 0.05) is 19.0 Å². The van der Waals surface area contributed by atoms with Crippen molar-refractivity contribution in [3.63, 3.8) is 0 Å². The van der Waals surface area contributed by atoms with Gasteiger partial charge in [0.05, 0.1) is 0 Å². The van der Waals surface area contributed by atoms with E-state index in [1.807, 2.05) is 0 Å². The third kappa shape index (κ3) is 9.67. The van der Waals surface area contributed by atoms with Crippen LogP contribution in [0, 0.1) is 17.2 Å². The van der Waals surface area contributed by atoms with E-state index >= 15 is 0 Å². The number of hydrogen-bond donors (Lipinski definition) is 8. The highest BCUT2D eigenvalue weighted by Crippen LogP contribution is 2.27. The second-order valence-corrected chi connectivity index (χ2v) is 11.4. The van der Waals surface area contributed by atoms with Crippen LogP contribution in [-0.2, 0) is 24.0 Å². The Morgan fingerprint density at radius 1 is 1.02 bits per heavy atom. The highest BCUT2D eigenvalue weighted by atomic mass is 16.2. The van der Waals surface area contributed by atoms with Gasteiger partial charge in [-0.05, 0) is 51.4 Å². The Kier molecular flexibility index (Phi) is 12.7. The lowest BCUT2D eigenvalue weighted by Crippen LogP contribution is -2.64. The zero-order valence-electron chi connectivity index (χ0n) is 24.3. The normalized spacial score (nSPS) is 27.5. The molecule has 1 aliphatic heterocycles. The van der Waals surface area contributed by atoms with Gasteiger partial charge < -0.3 is 37.6 Å². The molecule has 40 heavy (non-hydrogen) atoms. The van der Waals surface area contributed by atoms with Crippen LogP contribution in [0.4, 0.5) is 0 Å². The lowest BCUT2D eigenvalue weighted by molar-refractivity contribution is -0.138. The summed E-state index contributed by atoms with van der Waals surface area (Å²) in [6.07, 6.45) is 5.60. The molecule has 2 rings (SSSR count). The SMILES string of the molecule is CC[C@@H]1NC(=O)[C@H](CCCNC(=N)N)NC(=O)[C@](C)(NC(=O)C(C)C)CCNC(=O)C(C2CCCCC2)NC1=O. The van der Waals surface area contributed by atoms with Crippen LogP contribution in [0.1, 0.15) is 85.5 Å². The predicted molar refractivity (Wildman–Crippen MR) is 151 cm³/mol. The van der Waals surface area contributed by atoms with Gasteiger partial charge in [-0.25, -0.2) is 0 Å². The van der Waals surface area contributed by atoms with E-state index in [0.717, 1.165) is 32.1 Å². The van der Waals surface area contributed by atoms with Crippen molar-refractivity contribution in [2.45, 2.75) is 109 Å². The number of guanidine groups is 1. The number of nitrogens with one attached hydrogen (secondary N) is 7. The van der Waals surface area contributed by atoms with E-state index in [-0.39, 0.29) is 55.4 Å². The fourth-order valence-electron chi connectivity index (χ4n) is 5.05. The van der Waals surface area contributed by atoms with Crippen LogP contribution in [0.5, 0.6) is 0 Å². The summed E-state index contributed by atoms with van der Waals surface area (Å²) in [4.78, 5) is 66.2. The van der Waals surface area contributed by atoms with Crippen molar-refractivity contribution in [1.82, 2.24) is 31.9 Å². The zero-order chi connectivity index (χ0) is 29.9. The topological polar surface area (TPSA) is 207 Å². The van der Waals surface area contributed by atoms with Gasteiger partial charge in [-0.1, -0.05) is 40.0 Å². The minimum atomic E-state index is -1.41. The minimum absolute atomic E-state index is 0.0318. The van der Waals surface area contributed by atoms with E-state index in [4.69, 9.17) is 11.1 Å². The molecule has 0 aromatic carbocycles. The molecule has 0 spiro atoms. The van der Waals surface area contributed by atoms with Gasteiger partial charge in [-0.2, -0.15) is 0 Å². The van der Waals surface area contributed by atoms with Gasteiger partial charge >= 0.3 is 0 Å². The summed E-state index contributed by atoms with van der Waals surface area (Å²) in [5, 5.41) is 24.1. The van der Waals surface area contributed by atoms with Gasteiger partial charge in [0.25, 0.3) is 0 Å². The van der Waals surface area contributed by atoms with E-state index in [0.29, 0.717) is 13.0 Å². The molecule has 0 aromatic heterocycles. The maximum Gasteiger partial charge on any atom is 0.246 e. The molecule has 4 atom stereocenters. The molecule has 13 heteroatoms. The average Bonchev–Trinajstić information content (AvgIpc) is 2.91. The Morgan fingerprint density at radius 2 is 1.68 bits per heavy atom. The molecule has 226 valence electrons. The molecular formula is C27H48N8O5. The quantitative estimate of drug-likeness (QED) is 0.112. The fourth-order valence-corrected chi connectivity index (χ4v) is 5.05. The number of carbonyl (C=O) groups is 5. The Balaban J connectivity index is 2.39. The van der Waals surface area contributed by atoms with Crippen LogP contribution in [0.25, 0.3) is 0 Å². The van der Waals surface area contributed by atoms with E-state index in [9.17, 15) is 24.0 Å². The molecule has 2 aliphatic rings. The summed E-state index contributed by atoms with van der Waals surface area (Å²) in [5.74, 6) is -2.88. The third-order valence-corrected chi connectivity index (χ3v) is 7.70. The van der Waals surface area contributed by atoms with Crippen LogP contribution in [-0.4, -0.2) is 72.2 Å². The standard InChI is InChI=1S/C27H48N8O5/c1-5-18-22(37)34-20(17-10-7-6-8-11-17)24(39)30-15-13-27(4,35-21(36)16(2)3)25(40)33-19(23(38)32-18)12-9-14-31-26(28)29/h16-20H,5-15H2,1-4H3,(H,30,39)(H,32,38)(H,33,40)(H,34,37)(H,35,36)(H4,28,29,31)/t18-,19-,20?,27+/m0/s1. The zero-order valence-corrected chi connectivity index (χ0v) is 24.3. The number of carbonyl (C=O) groups excluding carboxylic acids is 5. The Hall–Kier alpha value is -3.38. The Morgan fingerprint density at radius 3 is 2.27 bits per heavy atom. The lowest BCUT2D eigenvalue weighted by atomic mass is 9.83. The van der Waals surface area contributed by atoms with E-state index < -0.39 is 41.4 Å². The molecule has 1 aliphatic carbocycles. The molecule has 1 unspecified atom stereocenters. The third-order valence-electron chi connectivity index (χ3n) is 7.70. The number of hydrogen-bond acceptors (Lipinski definition) is 6. The van der Waals surface area contributed by atoms with Crippen molar-refractivity contribution in [2.24, 2.45) is 17.6 Å². The van der Waals surface area contributed by atoms with Gasteiger partial charge in [0.1, 0.15) is 23.7 Å². The first kappa shape index (κ1) is 32.8. The lowest BCUT2D eigenvalue weighted by Gasteiger charge is -2.35. The second kappa shape index (κ2) is 15.4. The fraction of sp³-hybridized carbons (Fsp3) is 0.778. The smallest absolute Gasteiger partial charge is 0.246 e. The summed E-state index contributed by atoms with van der Waals surface area (Å²) >= 11 is 0. The maximum absolute atomic E-state index is 13.6. The van der Waals surface area contributed by atoms with Gasteiger partial charge in [0.2, 0.25) is 29.5 Å². The van der Waals surface area contributed by atoms with E-state index in [1.165, 1.54) is 0 Å². The highest BCUT2D eigenvalue weighted by molar-refractivity contribution is 5.97. The first-order valence-electron chi connectivity index (χ1n) is 14.5. The molecule has 9 N–H and O–H groups in total. The first-order valence-corrected chi connectivity index (χ1v) is 14.5. The van der Waals surface area contributed by atoms with Crippen molar-refractivity contribution in [3.05, 3.63) is 0 Å². The van der Waals surface area contributed by atoms with Crippen LogP contribution in [0.2, 0.25) is 0 Å². The van der Waals surface area contributed by atoms with Gasteiger partial charge in [-0.15, -0.1) is 0 Å². The molecule has 13 nitrogen and oxygen atoms in total. The van der Waals surface area contributed by atoms with Gasteiger partial charge in [-0.3, -0.25) is 29.4 Å². The molecule has 0 radical (unpaired) electrons. The van der Waals surface area contributed by atoms with Crippen LogP contribution in [0.3, 0.4) is 0 Å². The summed E-state index contributed by atoms with van der Waals surface area (Å²) in [6.45, 7) is 7.14. The minimum Gasteiger partial charge on any atom is -0.370 e. The molecule has 0 bridgehead atoms.